The number of halogens is 4. The van der Waals surface area contributed by atoms with Gasteiger partial charge in [-0.25, -0.2) is 14.2 Å². The minimum Gasteiger partial charge on any atom is -0.487 e. The Hall–Kier alpha value is -2.29. The lowest BCUT2D eigenvalue weighted by Crippen LogP contribution is -2.05. The second-order valence-corrected chi connectivity index (χ2v) is 9.11. The van der Waals surface area contributed by atoms with Gasteiger partial charge in [-0.2, -0.15) is 0 Å². The molecule has 4 nitrogen and oxygen atoms in total. The average molecular weight is 610 g/mol. The molecular weight excluding hydrogens is 597 g/mol. The standard InChI is InChI=1S/C23H13Br3FNO3/c24-17-4-2-1-3-16(17)22-28-20(23(29)31-22)11-14-9-18(25)21(19(26)10-14)30-12-13-5-7-15(27)8-6-13/h1-11H,12H2/b20-11-. The minimum absolute atomic E-state index is 0.199. The lowest BCUT2D eigenvalue weighted by atomic mass is 10.2. The fourth-order valence-electron chi connectivity index (χ4n) is 2.85. The van der Waals surface area contributed by atoms with Gasteiger partial charge in [0, 0.05) is 4.47 Å². The van der Waals surface area contributed by atoms with Gasteiger partial charge in [0.2, 0.25) is 5.90 Å². The van der Waals surface area contributed by atoms with Crippen molar-refractivity contribution in [2.75, 3.05) is 0 Å². The van der Waals surface area contributed by atoms with Crippen LogP contribution in [0.2, 0.25) is 0 Å². The van der Waals surface area contributed by atoms with Gasteiger partial charge in [0.05, 0.1) is 14.5 Å². The Labute approximate surface area is 203 Å². The number of hydrogen-bond donors (Lipinski definition) is 0. The first-order valence-corrected chi connectivity index (χ1v) is 11.4. The third kappa shape index (κ3) is 5.14. The van der Waals surface area contributed by atoms with Crippen molar-refractivity contribution in [1.82, 2.24) is 0 Å². The molecule has 0 fully saturated rings. The van der Waals surface area contributed by atoms with E-state index in [1.54, 1.807) is 18.2 Å². The lowest BCUT2D eigenvalue weighted by Gasteiger charge is -2.11. The lowest BCUT2D eigenvalue weighted by molar-refractivity contribution is -0.129. The van der Waals surface area contributed by atoms with Crippen LogP contribution < -0.4 is 4.74 Å². The van der Waals surface area contributed by atoms with Gasteiger partial charge in [0.25, 0.3) is 0 Å². The molecule has 156 valence electrons. The summed E-state index contributed by atoms with van der Waals surface area (Å²) < 4.78 is 26.4. The molecule has 0 spiro atoms. The second-order valence-electron chi connectivity index (χ2n) is 6.54. The summed E-state index contributed by atoms with van der Waals surface area (Å²) in [6, 6.07) is 17.1. The highest BCUT2D eigenvalue weighted by Crippen LogP contribution is 2.36. The molecule has 0 saturated carbocycles. The molecule has 0 radical (unpaired) electrons. The number of nitrogens with zero attached hydrogens (tertiary/aromatic N) is 1. The molecule has 0 aromatic heterocycles. The van der Waals surface area contributed by atoms with Crippen LogP contribution in [0.3, 0.4) is 0 Å². The quantitative estimate of drug-likeness (QED) is 0.230. The number of aliphatic imine (C=N–C) groups is 1. The normalized spacial score (nSPS) is 14.5. The predicted octanol–water partition coefficient (Wildman–Crippen LogP) is 7.04. The van der Waals surface area contributed by atoms with Gasteiger partial charge in [0.15, 0.2) is 5.70 Å². The maximum Gasteiger partial charge on any atom is 0.363 e. The van der Waals surface area contributed by atoms with Gasteiger partial charge in [-0.1, -0.05) is 24.3 Å². The average Bonchev–Trinajstić information content (AvgIpc) is 3.09. The summed E-state index contributed by atoms with van der Waals surface area (Å²) in [5, 5.41) is 0. The minimum atomic E-state index is -0.519. The highest BCUT2D eigenvalue weighted by atomic mass is 79.9. The van der Waals surface area contributed by atoms with Crippen LogP contribution in [0.25, 0.3) is 6.08 Å². The largest absolute Gasteiger partial charge is 0.487 e. The first-order valence-electron chi connectivity index (χ1n) is 9.04. The molecule has 0 aliphatic carbocycles. The van der Waals surface area contributed by atoms with Gasteiger partial charge in [-0.05, 0) is 101 Å². The molecule has 0 amide bonds. The van der Waals surface area contributed by atoms with Gasteiger partial charge in [-0.15, -0.1) is 0 Å². The predicted molar refractivity (Wildman–Crippen MR) is 127 cm³/mol. The molecule has 0 saturated heterocycles. The van der Waals surface area contributed by atoms with Crippen LogP contribution in [0.5, 0.6) is 5.75 Å². The summed E-state index contributed by atoms with van der Waals surface area (Å²) in [4.78, 5) is 16.6. The fourth-order valence-corrected chi connectivity index (χ4v) is 4.76. The van der Waals surface area contributed by atoms with E-state index >= 15 is 0 Å². The fraction of sp³-hybridized carbons (Fsp3) is 0.0435. The van der Waals surface area contributed by atoms with Crippen LogP contribution in [0.4, 0.5) is 4.39 Å². The van der Waals surface area contributed by atoms with E-state index in [1.165, 1.54) is 12.1 Å². The summed E-state index contributed by atoms with van der Waals surface area (Å²) in [6.45, 7) is 0.282. The van der Waals surface area contributed by atoms with Crippen LogP contribution in [0, 0.1) is 5.82 Å². The van der Waals surface area contributed by atoms with E-state index in [2.05, 4.69) is 52.8 Å². The van der Waals surface area contributed by atoms with Crippen molar-refractivity contribution >= 4 is 65.7 Å². The molecule has 0 bridgehead atoms. The van der Waals surface area contributed by atoms with Crippen molar-refractivity contribution in [2.24, 2.45) is 4.99 Å². The van der Waals surface area contributed by atoms with Gasteiger partial charge in [-0.3, -0.25) is 0 Å². The first kappa shape index (κ1) is 21.9. The van der Waals surface area contributed by atoms with Crippen LogP contribution in [0.1, 0.15) is 16.7 Å². The number of carbonyl (C=O) groups is 1. The first-order chi connectivity index (χ1) is 14.9. The number of esters is 1. The van der Waals surface area contributed by atoms with Crippen molar-refractivity contribution in [1.29, 1.82) is 0 Å². The molecule has 3 aromatic rings. The summed E-state index contributed by atoms with van der Waals surface area (Å²) >= 11 is 10.4. The summed E-state index contributed by atoms with van der Waals surface area (Å²) in [5.74, 6) is 0.0352. The van der Waals surface area contributed by atoms with Crippen molar-refractivity contribution in [2.45, 2.75) is 6.61 Å². The van der Waals surface area contributed by atoms with E-state index < -0.39 is 5.97 Å². The van der Waals surface area contributed by atoms with Gasteiger partial charge < -0.3 is 9.47 Å². The molecule has 0 N–H and O–H groups in total. The Morgan fingerprint density at radius 1 is 0.968 bits per heavy atom. The van der Waals surface area contributed by atoms with Crippen LogP contribution in [-0.4, -0.2) is 11.9 Å². The zero-order chi connectivity index (χ0) is 22.0. The Balaban J connectivity index is 1.56. The number of benzene rings is 3. The highest BCUT2D eigenvalue weighted by Gasteiger charge is 2.25. The topological polar surface area (TPSA) is 47.9 Å². The number of ether oxygens (including phenoxy) is 2. The van der Waals surface area contributed by atoms with E-state index in [1.807, 2.05) is 36.4 Å². The Morgan fingerprint density at radius 3 is 2.32 bits per heavy atom. The number of rotatable bonds is 5. The van der Waals surface area contributed by atoms with Crippen molar-refractivity contribution < 1.29 is 18.7 Å². The van der Waals surface area contributed by atoms with Crippen molar-refractivity contribution in [3.63, 3.8) is 0 Å². The van der Waals surface area contributed by atoms with E-state index in [0.717, 1.165) is 15.6 Å². The molecular formula is C23H13Br3FNO3. The third-order valence-corrected chi connectivity index (χ3v) is 6.21. The summed E-state index contributed by atoms with van der Waals surface area (Å²) in [5.41, 5.74) is 2.47. The third-order valence-electron chi connectivity index (χ3n) is 4.35. The molecule has 4 rings (SSSR count). The molecule has 0 unspecified atom stereocenters. The maximum absolute atomic E-state index is 13.1. The summed E-state index contributed by atoms with van der Waals surface area (Å²) in [7, 11) is 0. The molecule has 31 heavy (non-hydrogen) atoms. The van der Waals surface area contributed by atoms with E-state index in [9.17, 15) is 9.18 Å². The SMILES string of the molecule is O=C1OC(c2ccccc2Br)=N/C1=C\c1cc(Br)c(OCc2ccc(F)cc2)c(Br)c1. The smallest absolute Gasteiger partial charge is 0.363 e. The van der Waals surface area contributed by atoms with Crippen LogP contribution >= 0.6 is 47.8 Å². The summed E-state index contributed by atoms with van der Waals surface area (Å²) in [6.07, 6.45) is 1.64. The van der Waals surface area contributed by atoms with Crippen molar-refractivity contribution in [3.05, 3.63) is 102 Å². The van der Waals surface area contributed by atoms with Crippen LogP contribution in [0.15, 0.2) is 84.8 Å². The van der Waals surface area contributed by atoms with E-state index in [-0.39, 0.29) is 24.0 Å². The zero-order valence-electron chi connectivity index (χ0n) is 15.7. The molecule has 1 aliphatic heterocycles. The van der Waals surface area contributed by atoms with Gasteiger partial charge in [0.1, 0.15) is 18.2 Å². The van der Waals surface area contributed by atoms with Gasteiger partial charge >= 0.3 is 5.97 Å². The number of hydrogen-bond acceptors (Lipinski definition) is 4. The number of carbonyl (C=O) groups excluding carboxylic acids is 1. The second kappa shape index (κ2) is 9.46. The number of cyclic esters (lactones) is 1. The van der Waals surface area contributed by atoms with E-state index in [0.29, 0.717) is 20.3 Å². The molecule has 1 heterocycles. The zero-order valence-corrected chi connectivity index (χ0v) is 20.5. The van der Waals surface area contributed by atoms with Crippen molar-refractivity contribution in [3.8, 4) is 5.75 Å². The maximum atomic E-state index is 13.1. The molecule has 8 heteroatoms. The Bertz CT molecular complexity index is 1200. The highest BCUT2D eigenvalue weighted by molar-refractivity contribution is 9.11. The molecule has 3 aromatic carbocycles. The Morgan fingerprint density at radius 2 is 1.65 bits per heavy atom. The van der Waals surface area contributed by atoms with Crippen LogP contribution in [-0.2, 0) is 16.1 Å². The van der Waals surface area contributed by atoms with E-state index in [4.69, 9.17) is 9.47 Å². The molecule has 1 aliphatic rings. The monoisotopic (exact) mass is 607 g/mol. The molecule has 0 atom stereocenters. The Kier molecular flexibility index (Phi) is 6.69.